The average molecular weight is 327 g/mol. The van der Waals surface area contributed by atoms with Crippen LogP contribution in [0.5, 0.6) is 11.5 Å². The van der Waals surface area contributed by atoms with Gasteiger partial charge in [0, 0.05) is 18.2 Å². The summed E-state index contributed by atoms with van der Waals surface area (Å²) in [6.07, 6.45) is 0.418. The lowest BCUT2D eigenvalue weighted by atomic mass is 10.0. The van der Waals surface area contributed by atoms with Crippen molar-refractivity contribution in [1.29, 1.82) is 0 Å². The molecule has 1 aliphatic rings. The molecule has 0 bridgehead atoms. The van der Waals surface area contributed by atoms with Crippen molar-refractivity contribution < 1.29 is 14.6 Å². The summed E-state index contributed by atoms with van der Waals surface area (Å²) in [4.78, 5) is 0. The SMILES string of the molecule is COc1ccc(OC)c(C(O)CNC2c3ccccc3CC2C)c1. The molecule has 0 saturated carbocycles. The highest BCUT2D eigenvalue weighted by Gasteiger charge is 2.29. The van der Waals surface area contributed by atoms with Crippen molar-refractivity contribution in [1.82, 2.24) is 5.32 Å². The van der Waals surface area contributed by atoms with E-state index in [1.165, 1.54) is 11.1 Å². The predicted molar refractivity (Wildman–Crippen MR) is 94.6 cm³/mol. The molecule has 4 nitrogen and oxygen atoms in total. The number of hydrogen-bond acceptors (Lipinski definition) is 4. The predicted octanol–water partition coefficient (Wildman–Crippen LogP) is 3.26. The van der Waals surface area contributed by atoms with Crippen molar-refractivity contribution in [3.05, 3.63) is 59.2 Å². The molecule has 0 aliphatic heterocycles. The highest BCUT2D eigenvalue weighted by atomic mass is 16.5. The van der Waals surface area contributed by atoms with Crippen molar-refractivity contribution in [3.8, 4) is 11.5 Å². The Balaban J connectivity index is 1.73. The third-order valence-electron chi connectivity index (χ3n) is 4.83. The van der Waals surface area contributed by atoms with Gasteiger partial charge in [-0.1, -0.05) is 31.2 Å². The summed E-state index contributed by atoms with van der Waals surface area (Å²) in [5.41, 5.74) is 3.48. The number of aliphatic hydroxyl groups is 1. The van der Waals surface area contributed by atoms with E-state index in [0.717, 1.165) is 12.0 Å². The molecule has 0 radical (unpaired) electrons. The molecule has 2 N–H and O–H groups in total. The van der Waals surface area contributed by atoms with Crippen molar-refractivity contribution in [2.45, 2.75) is 25.5 Å². The first-order valence-electron chi connectivity index (χ1n) is 8.35. The van der Waals surface area contributed by atoms with Crippen LogP contribution in [0.15, 0.2) is 42.5 Å². The molecule has 1 aliphatic carbocycles. The Kier molecular flexibility index (Phi) is 5.07. The second-order valence-corrected chi connectivity index (χ2v) is 6.39. The van der Waals surface area contributed by atoms with Crippen molar-refractivity contribution in [2.75, 3.05) is 20.8 Å². The number of hydrogen-bond donors (Lipinski definition) is 2. The lowest BCUT2D eigenvalue weighted by Gasteiger charge is -2.22. The topological polar surface area (TPSA) is 50.7 Å². The lowest BCUT2D eigenvalue weighted by molar-refractivity contribution is 0.162. The number of benzene rings is 2. The van der Waals surface area contributed by atoms with E-state index >= 15 is 0 Å². The van der Waals surface area contributed by atoms with Gasteiger partial charge in [-0.3, -0.25) is 0 Å². The third-order valence-corrected chi connectivity index (χ3v) is 4.83. The Morgan fingerprint density at radius 1 is 1.17 bits per heavy atom. The van der Waals surface area contributed by atoms with Crippen molar-refractivity contribution in [3.63, 3.8) is 0 Å². The number of fused-ring (bicyclic) bond motifs is 1. The molecule has 2 aromatic carbocycles. The van der Waals surface area contributed by atoms with Gasteiger partial charge in [0.15, 0.2) is 0 Å². The summed E-state index contributed by atoms with van der Waals surface area (Å²) < 4.78 is 10.6. The van der Waals surface area contributed by atoms with E-state index in [0.29, 0.717) is 24.0 Å². The normalized spacial score (nSPS) is 20.5. The van der Waals surface area contributed by atoms with Crippen LogP contribution in [0.3, 0.4) is 0 Å². The highest BCUT2D eigenvalue weighted by molar-refractivity contribution is 5.42. The first-order chi connectivity index (χ1) is 11.6. The minimum Gasteiger partial charge on any atom is -0.497 e. The average Bonchev–Trinajstić information content (AvgIpc) is 2.94. The molecule has 3 unspecified atom stereocenters. The van der Waals surface area contributed by atoms with Gasteiger partial charge in [-0.15, -0.1) is 0 Å². The molecule has 2 aromatic rings. The van der Waals surface area contributed by atoms with Gasteiger partial charge < -0.3 is 19.9 Å². The fourth-order valence-electron chi connectivity index (χ4n) is 3.55. The molecule has 3 atom stereocenters. The number of ether oxygens (including phenoxy) is 2. The molecule has 0 spiro atoms. The van der Waals surface area contributed by atoms with Gasteiger partial charge in [0.25, 0.3) is 0 Å². The van der Waals surface area contributed by atoms with E-state index in [2.05, 4.69) is 36.5 Å². The van der Waals surface area contributed by atoms with Gasteiger partial charge in [0.05, 0.1) is 20.3 Å². The summed E-state index contributed by atoms with van der Waals surface area (Å²) in [7, 11) is 3.23. The summed E-state index contributed by atoms with van der Waals surface area (Å²) in [6, 6.07) is 14.3. The van der Waals surface area contributed by atoms with E-state index in [1.54, 1.807) is 14.2 Å². The summed E-state index contributed by atoms with van der Waals surface area (Å²) >= 11 is 0. The van der Waals surface area contributed by atoms with E-state index < -0.39 is 6.10 Å². The Bertz CT molecular complexity index is 701. The standard InChI is InChI=1S/C20H25NO3/c1-13-10-14-6-4-5-7-16(14)20(13)21-12-18(22)17-11-15(23-2)8-9-19(17)24-3/h4-9,11,13,18,20-22H,10,12H2,1-3H3. The van der Waals surface area contributed by atoms with Gasteiger partial charge in [0.2, 0.25) is 0 Å². The number of methoxy groups -OCH3 is 2. The van der Waals surface area contributed by atoms with Crippen molar-refractivity contribution in [2.24, 2.45) is 5.92 Å². The Morgan fingerprint density at radius 2 is 1.96 bits per heavy atom. The molecule has 24 heavy (non-hydrogen) atoms. The molecule has 0 saturated heterocycles. The molecule has 0 aromatic heterocycles. The largest absolute Gasteiger partial charge is 0.497 e. The Morgan fingerprint density at radius 3 is 2.71 bits per heavy atom. The van der Waals surface area contributed by atoms with Crippen molar-refractivity contribution >= 4 is 0 Å². The molecular weight excluding hydrogens is 302 g/mol. The Labute approximate surface area is 143 Å². The zero-order valence-electron chi connectivity index (χ0n) is 14.5. The van der Waals surface area contributed by atoms with Crippen LogP contribution in [0.2, 0.25) is 0 Å². The van der Waals surface area contributed by atoms with Gasteiger partial charge in [-0.2, -0.15) is 0 Å². The maximum atomic E-state index is 10.6. The molecule has 128 valence electrons. The smallest absolute Gasteiger partial charge is 0.124 e. The van der Waals surface area contributed by atoms with Gasteiger partial charge >= 0.3 is 0 Å². The minimum atomic E-state index is -0.657. The quantitative estimate of drug-likeness (QED) is 0.855. The molecule has 0 heterocycles. The van der Waals surface area contributed by atoms with Gasteiger partial charge in [-0.25, -0.2) is 0 Å². The van der Waals surface area contributed by atoms with Crippen LogP contribution in [0, 0.1) is 5.92 Å². The fraction of sp³-hybridized carbons (Fsp3) is 0.400. The van der Waals surface area contributed by atoms with E-state index in [9.17, 15) is 5.11 Å². The van der Waals surface area contributed by atoms with E-state index in [1.807, 2.05) is 18.2 Å². The third kappa shape index (κ3) is 3.25. The van der Waals surface area contributed by atoms with Crippen LogP contribution < -0.4 is 14.8 Å². The van der Waals surface area contributed by atoms with Crippen LogP contribution in [0.4, 0.5) is 0 Å². The fourth-order valence-corrected chi connectivity index (χ4v) is 3.55. The molecule has 4 heteroatoms. The minimum absolute atomic E-state index is 0.271. The van der Waals surface area contributed by atoms with Crippen LogP contribution in [-0.4, -0.2) is 25.9 Å². The van der Waals surface area contributed by atoms with Crippen LogP contribution in [0.1, 0.15) is 35.8 Å². The highest BCUT2D eigenvalue weighted by Crippen LogP contribution is 2.36. The van der Waals surface area contributed by atoms with Crippen LogP contribution in [0.25, 0.3) is 0 Å². The van der Waals surface area contributed by atoms with E-state index in [-0.39, 0.29) is 6.04 Å². The first-order valence-corrected chi connectivity index (χ1v) is 8.35. The molecule has 0 fully saturated rings. The number of nitrogens with one attached hydrogen (secondary N) is 1. The summed E-state index contributed by atoms with van der Waals surface area (Å²) in [6.45, 7) is 2.71. The lowest BCUT2D eigenvalue weighted by Crippen LogP contribution is -2.28. The zero-order valence-corrected chi connectivity index (χ0v) is 14.5. The van der Waals surface area contributed by atoms with E-state index in [4.69, 9.17) is 9.47 Å². The number of aliphatic hydroxyl groups excluding tert-OH is 1. The molecule has 3 rings (SSSR count). The maximum Gasteiger partial charge on any atom is 0.124 e. The Hall–Kier alpha value is -2.04. The van der Waals surface area contributed by atoms with Gasteiger partial charge in [0.1, 0.15) is 11.5 Å². The van der Waals surface area contributed by atoms with Gasteiger partial charge in [-0.05, 0) is 41.7 Å². The maximum absolute atomic E-state index is 10.6. The molecular formula is C20H25NO3. The zero-order chi connectivity index (χ0) is 17.1. The molecule has 0 amide bonds. The summed E-state index contributed by atoms with van der Waals surface area (Å²) in [5.74, 6) is 1.90. The monoisotopic (exact) mass is 327 g/mol. The first kappa shape index (κ1) is 16.8. The number of rotatable bonds is 6. The second-order valence-electron chi connectivity index (χ2n) is 6.39. The summed E-state index contributed by atoms with van der Waals surface area (Å²) in [5, 5.41) is 14.2. The van der Waals surface area contributed by atoms with Crippen LogP contribution >= 0.6 is 0 Å². The second kappa shape index (κ2) is 7.24. The van der Waals surface area contributed by atoms with Crippen LogP contribution in [-0.2, 0) is 6.42 Å².